The van der Waals surface area contributed by atoms with Gasteiger partial charge >= 0.3 is 6.03 Å². The number of hydrogen-bond acceptors (Lipinski definition) is 3. The number of urea groups is 1. The Bertz CT molecular complexity index is 657. The van der Waals surface area contributed by atoms with Gasteiger partial charge in [-0.25, -0.2) is 9.69 Å². The molecule has 6 heteroatoms. The summed E-state index contributed by atoms with van der Waals surface area (Å²) in [6, 6.07) is 8.21. The molecule has 2 aliphatic heterocycles. The second-order valence-corrected chi connectivity index (χ2v) is 6.74. The number of carbonyl (C=O) groups excluding carboxylic acids is 3. The van der Waals surface area contributed by atoms with E-state index in [4.69, 9.17) is 0 Å². The molecule has 1 aromatic rings. The van der Waals surface area contributed by atoms with E-state index in [0.717, 1.165) is 12.8 Å². The number of nitrogens with one attached hydrogen (secondary N) is 1. The highest BCUT2D eigenvalue weighted by Crippen LogP contribution is 2.30. The van der Waals surface area contributed by atoms with Crippen molar-refractivity contribution in [1.29, 1.82) is 0 Å². The molecule has 0 unspecified atom stereocenters. The minimum atomic E-state index is -0.478. The largest absolute Gasteiger partial charge is 0.353 e. The first-order valence-electron chi connectivity index (χ1n) is 9.06. The fourth-order valence-electron chi connectivity index (χ4n) is 3.72. The molecule has 2 aliphatic rings. The molecule has 2 fully saturated rings. The van der Waals surface area contributed by atoms with Gasteiger partial charge in [-0.05, 0) is 37.8 Å². The van der Waals surface area contributed by atoms with Gasteiger partial charge in [0.1, 0.15) is 6.04 Å². The van der Waals surface area contributed by atoms with Gasteiger partial charge in [-0.15, -0.1) is 0 Å². The fraction of sp³-hybridized carbons (Fsp3) is 0.526. The Kier molecular flexibility index (Phi) is 5.06. The van der Waals surface area contributed by atoms with Gasteiger partial charge in [0, 0.05) is 18.5 Å². The van der Waals surface area contributed by atoms with Crippen molar-refractivity contribution in [3.05, 3.63) is 30.3 Å². The van der Waals surface area contributed by atoms with Crippen molar-refractivity contribution in [2.24, 2.45) is 5.92 Å². The Labute approximate surface area is 148 Å². The second kappa shape index (κ2) is 7.25. The predicted molar refractivity (Wildman–Crippen MR) is 95.1 cm³/mol. The third-order valence-electron chi connectivity index (χ3n) is 5.26. The lowest BCUT2D eigenvalue weighted by Gasteiger charge is -2.33. The van der Waals surface area contributed by atoms with Crippen LogP contribution < -0.4 is 10.2 Å². The van der Waals surface area contributed by atoms with Crippen LogP contribution in [-0.2, 0) is 9.59 Å². The lowest BCUT2D eigenvalue weighted by molar-refractivity contribution is -0.127. The molecule has 6 nitrogen and oxygen atoms in total. The Morgan fingerprint density at radius 1 is 1.20 bits per heavy atom. The Hall–Kier alpha value is -2.37. The third kappa shape index (κ3) is 3.25. The summed E-state index contributed by atoms with van der Waals surface area (Å²) in [5.74, 6) is -0.127. The number of fused-ring (bicyclic) bond motifs is 1. The first-order chi connectivity index (χ1) is 12.1. The second-order valence-electron chi connectivity index (χ2n) is 6.74. The molecule has 0 saturated carbocycles. The fourth-order valence-corrected chi connectivity index (χ4v) is 3.72. The van der Waals surface area contributed by atoms with Crippen molar-refractivity contribution in [1.82, 2.24) is 10.2 Å². The van der Waals surface area contributed by atoms with Crippen LogP contribution in [0.25, 0.3) is 0 Å². The van der Waals surface area contributed by atoms with Crippen molar-refractivity contribution >= 4 is 23.5 Å². The average molecular weight is 343 g/mol. The number of benzene rings is 1. The van der Waals surface area contributed by atoms with Crippen molar-refractivity contribution in [2.75, 3.05) is 11.4 Å². The standard InChI is InChI=1S/C19H25N3O3/c1-3-13(4-2)17(23)20-14-10-11-21-16(12-14)18(24)22(19(21)25)15-8-6-5-7-9-15/h5-9,13-14,16H,3-4,10-12H2,1-2H3,(H,20,23)/t14-,16+/m1/s1. The van der Waals surface area contributed by atoms with E-state index in [0.29, 0.717) is 25.1 Å². The van der Waals surface area contributed by atoms with Gasteiger partial charge in [-0.1, -0.05) is 32.0 Å². The summed E-state index contributed by atoms with van der Waals surface area (Å²) in [5.41, 5.74) is 0.601. The molecule has 2 atom stereocenters. The quantitative estimate of drug-likeness (QED) is 0.835. The molecule has 25 heavy (non-hydrogen) atoms. The van der Waals surface area contributed by atoms with Crippen molar-refractivity contribution < 1.29 is 14.4 Å². The summed E-state index contributed by atoms with van der Waals surface area (Å²) < 4.78 is 0. The molecule has 0 bridgehead atoms. The molecule has 2 saturated heterocycles. The zero-order chi connectivity index (χ0) is 18.0. The molecule has 0 radical (unpaired) electrons. The normalized spacial score (nSPS) is 23.2. The Balaban J connectivity index is 1.70. The van der Waals surface area contributed by atoms with E-state index in [1.54, 1.807) is 17.0 Å². The molecule has 3 rings (SSSR count). The maximum Gasteiger partial charge on any atom is 0.332 e. The SMILES string of the molecule is CCC(CC)C(=O)N[C@@H]1CCN2C(=O)N(c3ccccc3)C(=O)[C@@H]2C1. The number of carbonyl (C=O) groups is 3. The Morgan fingerprint density at radius 2 is 1.88 bits per heavy atom. The maximum atomic E-state index is 12.8. The smallest absolute Gasteiger partial charge is 0.332 e. The summed E-state index contributed by atoms with van der Waals surface area (Å²) in [5, 5.41) is 3.08. The predicted octanol–water partition coefficient (Wildman–Crippen LogP) is 2.54. The lowest BCUT2D eigenvalue weighted by Crippen LogP contribution is -2.50. The van der Waals surface area contributed by atoms with Crippen LogP contribution in [0.4, 0.5) is 10.5 Å². The molecule has 2 heterocycles. The number of rotatable bonds is 5. The Morgan fingerprint density at radius 3 is 2.52 bits per heavy atom. The number of hydrogen-bond donors (Lipinski definition) is 1. The molecular formula is C19H25N3O3. The first-order valence-corrected chi connectivity index (χ1v) is 9.06. The van der Waals surface area contributed by atoms with Crippen LogP contribution in [-0.4, -0.2) is 41.4 Å². The van der Waals surface area contributed by atoms with E-state index in [1.165, 1.54) is 4.90 Å². The van der Waals surface area contributed by atoms with E-state index in [9.17, 15) is 14.4 Å². The summed E-state index contributed by atoms with van der Waals surface area (Å²) in [4.78, 5) is 40.6. The van der Waals surface area contributed by atoms with Crippen LogP contribution in [0.5, 0.6) is 0 Å². The van der Waals surface area contributed by atoms with Crippen molar-refractivity contribution in [3.63, 3.8) is 0 Å². The lowest BCUT2D eigenvalue weighted by atomic mass is 9.96. The summed E-state index contributed by atoms with van der Waals surface area (Å²) >= 11 is 0. The van der Waals surface area contributed by atoms with Gasteiger partial charge in [-0.2, -0.15) is 0 Å². The zero-order valence-corrected chi connectivity index (χ0v) is 14.8. The van der Waals surface area contributed by atoms with Crippen molar-refractivity contribution in [3.8, 4) is 0 Å². The number of imide groups is 1. The molecule has 4 amide bonds. The van der Waals surface area contributed by atoms with Gasteiger partial charge in [0.15, 0.2) is 0 Å². The van der Waals surface area contributed by atoms with Crippen LogP contribution in [0.1, 0.15) is 39.5 Å². The zero-order valence-electron chi connectivity index (χ0n) is 14.8. The van der Waals surface area contributed by atoms with Crippen LogP contribution in [0.2, 0.25) is 0 Å². The third-order valence-corrected chi connectivity index (χ3v) is 5.26. The monoisotopic (exact) mass is 343 g/mol. The molecule has 0 aliphatic carbocycles. The van der Waals surface area contributed by atoms with Crippen molar-refractivity contribution in [2.45, 2.75) is 51.6 Å². The van der Waals surface area contributed by atoms with Gasteiger partial charge in [0.25, 0.3) is 5.91 Å². The highest BCUT2D eigenvalue weighted by atomic mass is 16.2. The highest BCUT2D eigenvalue weighted by Gasteiger charge is 2.48. The van der Waals surface area contributed by atoms with Gasteiger partial charge in [0.2, 0.25) is 5.91 Å². The van der Waals surface area contributed by atoms with Gasteiger partial charge in [-0.3, -0.25) is 9.59 Å². The molecule has 0 spiro atoms. The average Bonchev–Trinajstić information content (AvgIpc) is 2.87. The maximum absolute atomic E-state index is 12.8. The van der Waals surface area contributed by atoms with Gasteiger partial charge in [0.05, 0.1) is 5.69 Å². The summed E-state index contributed by atoms with van der Waals surface area (Å²) in [6.45, 7) is 4.51. The summed E-state index contributed by atoms with van der Waals surface area (Å²) in [6.07, 6.45) is 2.79. The van der Waals surface area contributed by atoms with Gasteiger partial charge < -0.3 is 10.2 Å². The number of piperidine rings is 1. The number of amides is 4. The van der Waals surface area contributed by atoms with Crippen LogP contribution in [0.3, 0.4) is 0 Å². The van der Waals surface area contributed by atoms with Crippen LogP contribution >= 0.6 is 0 Å². The number of anilines is 1. The highest BCUT2D eigenvalue weighted by molar-refractivity contribution is 6.21. The van der Waals surface area contributed by atoms with Crippen LogP contribution in [0.15, 0.2) is 30.3 Å². The number of nitrogens with zero attached hydrogens (tertiary/aromatic N) is 2. The molecule has 1 N–H and O–H groups in total. The molecule has 134 valence electrons. The van der Waals surface area contributed by atoms with E-state index < -0.39 is 6.04 Å². The van der Waals surface area contributed by atoms with Crippen LogP contribution in [0, 0.1) is 5.92 Å². The molecule has 1 aromatic carbocycles. The summed E-state index contributed by atoms with van der Waals surface area (Å²) in [7, 11) is 0. The first kappa shape index (κ1) is 17.5. The molecular weight excluding hydrogens is 318 g/mol. The number of para-hydroxylation sites is 1. The van der Waals surface area contributed by atoms with E-state index in [1.807, 2.05) is 32.0 Å². The minimum Gasteiger partial charge on any atom is -0.353 e. The van der Waals surface area contributed by atoms with E-state index in [2.05, 4.69) is 5.32 Å². The van der Waals surface area contributed by atoms with E-state index in [-0.39, 0.29) is 29.8 Å². The topological polar surface area (TPSA) is 69.7 Å². The minimum absolute atomic E-state index is 0.0137. The van der Waals surface area contributed by atoms with E-state index >= 15 is 0 Å². The molecule has 0 aromatic heterocycles.